The van der Waals surface area contributed by atoms with E-state index < -0.39 is 0 Å². The maximum absolute atomic E-state index is 12.3. The molecule has 1 aromatic heterocycles. The summed E-state index contributed by atoms with van der Waals surface area (Å²) in [6.45, 7) is 4.80. The molecule has 5 nitrogen and oxygen atoms in total. The Bertz CT molecular complexity index is 912. The van der Waals surface area contributed by atoms with Gasteiger partial charge in [0.25, 0.3) is 5.91 Å². The lowest BCUT2D eigenvalue weighted by atomic mass is 10.2. The third-order valence-electron chi connectivity index (χ3n) is 3.85. The third-order valence-corrected chi connectivity index (χ3v) is 4.09. The van der Waals surface area contributed by atoms with Gasteiger partial charge < -0.3 is 10.2 Å². The first-order valence-corrected chi connectivity index (χ1v) is 8.68. The van der Waals surface area contributed by atoms with Crippen LogP contribution in [0.4, 0.5) is 17.3 Å². The van der Waals surface area contributed by atoms with E-state index in [4.69, 9.17) is 11.6 Å². The highest BCUT2D eigenvalue weighted by Gasteiger charge is 2.13. The molecule has 0 saturated heterocycles. The number of hydrogen-bond donors (Lipinski definition) is 1. The Labute approximate surface area is 157 Å². The summed E-state index contributed by atoms with van der Waals surface area (Å²) < 4.78 is 0. The highest BCUT2D eigenvalue weighted by Crippen LogP contribution is 2.22. The van der Waals surface area contributed by atoms with Crippen LogP contribution in [0.5, 0.6) is 0 Å². The quantitative estimate of drug-likeness (QED) is 0.701. The lowest BCUT2D eigenvalue weighted by Crippen LogP contribution is -2.20. The molecule has 1 heterocycles. The number of nitrogens with zero attached hydrogens (tertiary/aromatic N) is 3. The molecule has 3 aromatic rings. The van der Waals surface area contributed by atoms with Crippen LogP contribution in [0.2, 0.25) is 5.02 Å². The molecule has 0 saturated carbocycles. The molecule has 132 valence electrons. The number of carbonyl (C=O) groups is 1. The normalized spacial score (nSPS) is 10.4. The van der Waals surface area contributed by atoms with Crippen LogP contribution < -0.4 is 10.2 Å². The maximum atomic E-state index is 12.3. The zero-order valence-corrected chi connectivity index (χ0v) is 15.4. The predicted octanol–water partition coefficient (Wildman–Crippen LogP) is 4.85. The molecule has 0 spiro atoms. The van der Waals surface area contributed by atoms with E-state index in [0.29, 0.717) is 22.2 Å². The first-order valence-electron chi connectivity index (χ1n) is 8.30. The van der Waals surface area contributed by atoms with Crippen LogP contribution in [0.1, 0.15) is 22.8 Å². The number of anilines is 3. The molecule has 0 fully saturated rings. The van der Waals surface area contributed by atoms with Crippen LogP contribution >= 0.6 is 11.6 Å². The SMILES string of the molecule is CCN(c1cccc(C)c1)c1ncc(C(=O)Nc2cccc(Cl)c2)cn1. The van der Waals surface area contributed by atoms with E-state index in [1.165, 1.54) is 18.0 Å². The van der Waals surface area contributed by atoms with E-state index in [0.717, 1.165) is 12.2 Å². The van der Waals surface area contributed by atoms with E-state index in [9.17, 15) is 4.79 Å². The number of amides is 1. The number of hydrogen-bond acceptors (Lipinski definition) is 4. The minimum Gasteiger partial charge on any atom is -0.322 e. The van der Waals surface area contributed by atoms with Gasteiger partial charge in [-0.3, -0.25) is 4.79 Å². The Morgan fingerprint density at radius 2 is 1.85 bits per heavy atom. The van der Waals surface area contributed by atoms with Gasteiger partial charge in [0.05, 0.1) is 5.56 Å². The fraction of sp³-hybridized carbons (Fsp3) is 0.150. The van der Waals surface area contributed by atoms with E-state index >= 15 is 0 Å². The van der Waals surface area contributed by atoms with Crippen LogP contribution in [0.15, 0.2) is 60.9 Å². The van der Waals surface area contributed by atoms with Gasteiger partial charge in [-0.05, 0) is 49.7 Å². The number of rotatable bonds is 5. The van der Waals surface area contributed by atoms with Crippen molar-refractivity contribution >= 4 is 34.8 Å². The van der Waals surface area contributed by atoms with Crippen molar-refractivity contribution in [3.63, 3.8) is 0 Å². The van der Waals surface area contributed by atoms with Crippen molar-refractivity contribution < 1.29 is 4.79 Å². The van der Waals surface area contributed by atoms with Gasteiger partial charge in [-0.2, -0.15) is 0 Å². The maximum Gasteiger partial charge on any atom is 0.258 e. The summed E-state index contributed by atoms with van der Waals surface area (Å²) in [7, 11) is 0. The van der Waals surface area contributed by atoms with E-state index in [1.807, 2.05) is 36.9 Å². The summed E-state index contributed by atoms with van der Waals surface area (Å²) in [6, 6.07) is 15.1. The number of aryl methyl sites for hydroxylation is 1. The van der Waals surface area contributed by atoms with Crippen molar-refractivity contribution in [2.75, 3.05) is 16.8 Å². The molecule has 1 N–H and O–H groups in total. The summed E-state index contributed by atoms with van der Waals surface area (Å²) in [5.74, 6) is 0.273. The second kappa shape index (κ2) is 7.97. The van der Waals surface area contributed by atoms with Crippen LogP contribution in [-0.2, 0) is 0 Å². The highest BCUT2D eigenvalue weighted by molar-refractivity contribution is 6.30. The fourth-order valence-electron chi connectivity index (χ4n) is 2.58. The van der Waals surface area contributed by atoms with Gasteiger partial charge in [-0.25, -0.2) is 9.97 Å². The van der Waals surface area contributed by atoms with Crippen molar-refractivity contribution in [2.45, 2.75) is 13.8 Å². The Morgan fingerprint density at radius 3 is 2.50 bits per heavy atom. The zero-order valence-electron chi connectivity index (χ0n) is 14.6. The standard InChI is InChI=1S/C20H19ClN4O/c1-3-25(18-9-4-6-14(2)10-18)20-22-12-15(13-23-20)19(26)24-17-8-5-7-16(21)11-17/h4-13H,3H2,1-2H3,(H,24,26). The summed E-state index contributed by atoms with van der Waals surface area (Å²) in [5, 5.41) is 3.35. The van der Waals surface area contributed by atoms with Gasteiger partial charge in [0.2, 0.25) is 5.95 Å². The first kappa shape index (κ1) is 17.9. The second-order valence-corrected chi connectivity index (χ2v) is 6.26. The highest BCUT2D eigenvalue weighted by atomic mass is 35.5. The number of halogens is 1. The molecule has 0 bridgehead atoms. The van der Waals surface area contributed by atoms with Crippen molar-refractivity contribution in [2.24, 2.45) is 0 Å². The van der Waals surface area contributed by atoms with Crippen molar-refractivity contribution in [3.8, 4) is 0 Å². The lowest BCUT2D eigenvalue weighted by Gasteiger charge is -2.21. The molecule has 0 radical (unpaired) electrons. The van der Waals surface area contributed by atoms with Gasteiger partial charge in [0, 0.05) is 35.3 Å². The molecule has 3 rings (SSSR count). The number of benzene rings is 2. The molecule has 0 aliphatic heterocycles. The van der Waals surface area contributed by atoms with Gasteiger partial charge >= 0.3 is 0 Å². The molecule has 6 heteroatoms. The summed E-state index contributed by atoms with van der Waals surface area (Å²) in [4.78, 5) is 23.1. The molecule has 0 unspecified atom stereocenters. The summed E-state index contributed by atoms with van der Waals surface area (Å²) in [6.07, 6.45) is 3.06. The molecule has 1 amide bonds. The minimum absolute atomic E-state index is 0.280. The minimum atomic E-state index is -0.280. The Hall–Kier alpha value is -2.92. The van der Waals surface area contributed by atoms with Crippen LogP contribution in [-0.4, -0.2) is 22.4 Å². The number of aromatic nitrogens is 2. The molecule has 26 heavy (non-hydrogen) atoms. The predicted molar refractivity (Wildman–Crippen MR) is 105 cm³/mol. The third kappa shape index (κ3) is 4.18. The lowest BCUT2D eigenvalue weighted by molar-refractivity contribution is 0.102. The largest absolute Gasteiger partial charge is 0.322 e. The molecule has 0 aliphatic rings. The molecule has 0 atom stereocenters. The first-order chi connectivity index (χ1) is 12.6. The van der Waals surface area contributed by atoms with Crippen molar-refractivity contribution in [1.82, 2.24) is 9.97 Å². The monoisotopic (exact) mass is 366 g/mol. The second-order valence-electron chi connectivity index (χ2n) is 5.82. The molecular weight excluding hydrogens is 348 g/mol. The van der Waals surface area contributed by atoms with Crippen LogP contribution in [0.3, 0.4) is 0 Å². The number of nitrogens with one attached hydrogen (secondary N) is 1. The van der Waals surface area contributed by atoms with Crippen molar-refractivity contribution in [3.05, 3.63) is 77.1 Å². The average molecular weight is 367 g/mol. The van der Waals surface area contributed by atoms with Crippen LogP contribution in [0.25, 0.3) is 0 Å². The molecular formula is C20H19ClN4O. The van der Waals surface area contributed by atoms with Crippen LogP contribution in [0, 0.1) is 6.92 Å². The zero-order chi connectivity index (χ0) is 18.5. The number of carbonyl (C=O) groups excluding carboxylic acids is 1. The summed E-state index contributed by atoms with van der Waals surface area (Å²) >= 11 is 5.93. The average Bonchev–Trinajstić information content (AvgIpc) is 2.63. The summed E-state index contributed by atoms with van der Waals surface area (Å²) in [5.41, 5.74) is 3.19. The Balaban J connectivity index is 1.77. The van der Waals surface area contributed by atoms with Gasteiger partial charge in [0.1, 0.15) is 0 Å². The Morgan fingerprint density at radius 1 is 1.12 bits per heavy atom. The van der Waals surface area contributed by atoms with Gasteiger partial charge in [-0.15, -0.1) is 0 Å². The molecule has 0 aliphatic carbocycles. The topological polar surface area (TPSA) is 58.1 Å². The van der Waals surface area contributed by atoms with E-state index in [2.05, 4.69) is 21.4 Å². The fourth-order valence-corrected chi connectivity index (χ4v) is 2.77. The van der Waals surface area contributed by atoms with Crippen molar-refractivity contribution in [1.29, 1.82) is 0 Å². The van der Waals surface area contributed by atoms with E-state index in [-0.39, 0.29) is 5.91 Å². The van der Waals surface area contributed by atoms with Gasteiger partial charge in [-0.1, -0.05) is 29.8 Å². The Kier molecular flexibility index (Phi) is 5.49. The molecule has 2 aromatic carbocycles. The van der Waals surface area contributed by atoms with E-state index in [1.54, 1.807) is 24.3 Å². The van der Waals surface area contributed by atoms with Gasteiger partial charge in [0.15, 0.2) is 0 Å². The smallest absolute Gasteiger partial charge is 0.258 e.